The summed E-state index contributed by atoms with van der Waals surface area (Å²) in [5.41, 5.74) is -0.554. The second kappa shape index (κ2) is 16.7. The van der Waals surface area contributed by atoms with E-state index in [-0.39, 0.29) is 50.7 Å². The molecule has 0 radical (unpaired) electrons. The van der Waals surface area contributed by atoms with Gasteiger partial charge in [0.05, 0.1) is 18.3 Å². The predicted molar refractivity (Wildman–Crippen MR) is 203 cm³/mol. The fourth-order valence-corrected chi connectivity index (χ4v) is 10.3. The van der Waals surface area contributed by atoms with Crippen molar-refractivity contribution in [2.75, 3.05) is 6.54 Å². The van der Waals surface area contributed by atoms with Gasteiger partial charge in [-0.2, -0.15) is 0 Å². The van der Waals surface area contributed by atoms with Crippen molar-refractivity contribution in [3.8, 4) is 0 Å². The molecule has 4 N–H and O–H groups in total. The molecule has 15 nitrogen and oxygen atoms in total. The average molecular weight is 813 g/mol. The van der Waals surface area contributed by atoms with Crippen molar-refractivity contribution in [3.63, 3.8) is 0 Å². The number of hydrogen-bond donors (Lipinski definition) is 4. The number of hydrogen-bond acceptors (Lipinski definition) is 9. The van der Waals surface area contributed by atoms with Crippen molar-refractivity contribution in [2.24, 2.45) is 11.8 Å². The number of rotatable bonds is 8. The van der Waals surface area contributed by atoms with Gasteiger partial charge in [0.2, 0.25) is 33.7 Å². The third kappa shape index (κ3) is 9.12. The largest absolute Gasteiger partial charge is 0.444 e. The number of benzene rings is 1. The monoisotopic (exact) mass is 812 g/mol. The molecule has 3 aliphatic carbocycles. The molecule has 57 heavy (non-hydrogen) atoms. The van der Waals surface area contributed by atoms with Crippen LogP contribution in [0.5, 0.6) is 0 Å². The van der Waals surface area contributed by atoms with E-state index in [9.17, 15) is 41.6 Å². The van der Waals surface area contributed by atoms with Crippen LogP contribution < -0.4 is 20.7 Å². The molecule has 1 aromatic rings. The predicted octanol–water partition coefficient (Wildman–Crippen LogP) is 2.82. The summed E-state index contributed by atoms with van der Waals surface area (Å²) in [6.07, 6.45) is 10.1. The molecule has 1 unspecified atom stereocenters. The van der Waals surface area contributed by atoms with Crippen LogP contribution in [0.25, 0.3) is 0 Å². The molecule has 310 valence electrons. The van der Waals surface area contributed by atoms with E-state index in [0.717, 1.165) is 38.5 Å². The average Bonchev–Trinajstić information content (AvgIpc) is 4.06. The molecule has 1 aromatic carbocycles. The van der Waals surface area contributed by atoms with Crippen molar-refractivity contribution in [1.29, 1.82) is 0 Å². The second-order valence-corrected chi connectivity index (χ2v) is 18.6. The number of halogens is 1. The summed E-state index contributed by atoms with van der Waals surface area (Å²) in [5, 5.41) is 7.86. The maximum absolute atomic E-state index is 14.7. The van der Waals surface area contributed by atoms with Crippen molar-refractivity contribution >= 4 is 45.7 Å². The van der Waals surface area contributed by atoms with Gasteiger partial charge in [0, 0.05) is 31.4 Å². The molecular weight excluding hydrogens is 760 g/mol. The number of allylic oxidation sites excluding steroid dienone is 1. The molecule has 0 spiro atoms. The van der Waals surface area contributed by atoms with Crippen LogP contribution in [0.4, 0.5) is 9.18 Å². The van der Waals surface area contributed by atoms with E-state index in [1.165, 1.54) is 22.8 Å². The Hall–Kier alpha value is -4.54. The fourth-order valence-electron chi connectivity index (χ4n) is 8.92. The van der Waals surface area contributed by atoms with E-state index in [1.807, 2.05) is 12.2 Å². The third-order valence-electron chi connectivity index (χ3n) is 12.4. The summed E-state index contributed by atoms with van der Waals surface area (Å²) < 4.78 is 48.3. The lowest BCUT2D eigenvalue weighted by Gasteiger charge is -2.33. The van der Waals surface area contributed by atoms with Crippen LogP contribution in [0.1, 0.15) is 108 Å². The quantitative estimate of drug-likeness (QED) is 0.285. The van der Waals surface area contributed by atoms with Gasteiger partial charge < -0.3 is 25.6 Å². The molecule has 0 aromatic heterocycles. The van der Waals surface area contributed by atoms with Crippen molar-refractivity contribution in [3.05, 3.63) is 47.3 Å². The molecule has 6 amide bonds. The van der Waals surface area contributed by atoms with E-state index in [4.69, 9.17) is 4.74 Å². The van der Waals surface area contributed by atoms with Crippen LogP contribution in [-0.2, 0) is 51.8 Å². The van der Waals surface area contributed by atoms with E-state index >= 15 is 0 Å². The number of amides is 6. The number of carbonyl (C=O) groups excluding carboxylic acids is 6. The molecular formula is C40H53FN6O9S. The van der Waals surface area contributed by atoms with E-state index in [2.05, 4.69) is 20.7 Å². The zero-order chi connectivity index (χ0) is 40.5. The van der Waals surface area contributed by atoms with Crippen molar-refractivity contribution in [2.45, 2.75) is 145 Å². The number of fused-ring (bicyclic) bond motifs is 3. The Morgan fingerprint density at radius 2 is 1.72 bits per heavy atom. The van der Waals surface area contributed by atoms with Crippen LogP contribution in [0.2, 0.25) is 0 Å². The summed E-state index contributed by atoms with van der Waals surface area (Å²) >= 11 is 0. The van der Waals surface area contributed by atoms with Crippen LogP contribution in [-0.4, -0.2) is 95.4 Å². The number of nitrogens with zero attached hydrogens (tertiary/aromatic N) is 2. The zero-order valence-corrected chi connectivity index (χ0v) is 33.1. The first kappa shape index (κ1) is 40.6. The lowest BCUT2D eigenvalue weighted by Crippen LogP contribution is -2.59. The normalized spacial score (nSPS) is 28.7. The summed E-state index contributed by atoms with van der Waals surface area (Å²) in [7, 11) is -3.94. The highest BCUT2D eigenvalue weighted by Gasteiger charge is 2.62. The highest BCUT2D eigenvalue weighted by molar-refractivity contribution is 7.91. The minimum atomic E-state index is -3.94. The zero-order valence-electron chi connectivity index (χ0n) is 32.3. The summed E-state index contributed by atoms with van der Waals surface area (Å²) in [4.78, 5) is 85.2. The minimum Gasteiger partial charge on any atom is -0.444 e. The van der Waals surface area contributed by atoms with Crippen LogP contribution >= 0.6 is 0 Å². The number of carbonyl (C=O) groups is 6. The van der Waals surface area contributed by atoms with Crippen LogP contribution in [0, 0.1) is 17.7 Å². The number of ether oxygens (including phenoxy) is 1. The molecule has 0 bridgehead atoms. The first-order chi connectivity index (χ1) is 27.3. The molecule has 3 aliphatic heterocycles. The van der Waals surface area contributed by atoms with E-state index in [0.29, 0.717) is 43.2 Å². The van der Waals surface area contributed by atoms with E-state index in [1.54, 1.807) is 12.1 Å². The standard InChI is InChI=1S/C40H53FN6O9S/c1-24(48)42-34(25-11-6-5-7-12-25)36(50)43-32-16-9-4-2-3-8-14-27-20-40(27,38(52)45-57(54,55)29-17-18-29)44-35(49)33-19-28(22-47(33)37(32)51)56-39(53)46-21-26-13-10-15-31(41)30(26)23-46/h8,10,13-15,25,27-29,32-34H,2-7,9,11-12,16-23H2,1H3,(H,42,48)(H,43,50)(H,44,49)(H,45,52)/t27-,28-,32+,33?,34+,40-/m1/s1. The Bertz CT molecular complexity index is 1920. The topological polar surface area (TPSA) is 200 Å². The maximum atomic E-state index is 14.7. The lowest BCUT2D eigenvalue weighted by atomic mass is 9.83. The number of nitrogens with one attached hydrogen (secondary N) is 4. The molecule has 3 heterocycles. The van der Waals surface area contributed by atoms with Gasteiger partial charge in [-0.15, -0.1) is 0 Å². The Kier molecular flexibility index (Phi) is 11.9. The lowest BCUT2D eigenvalue weighted by molar-refractivity contribution is -0.143. The third-order valence-corrected chi connectivity index (χ3v) is 14.2. The molecule has 3 saturated carbocycles. The smallest absolute Gasteiger partial charge is 0.410 e. The summed E-state index contributed by atoms with van der Waals surface area (Å²) in [6, 6.07) is 1.41. The van der Waals surface area contributed by atoms with Gasteiger partial charge >= 0.3 is 6.09 Å². The molecule has 4 fully saturated rings. The highest BCUT2D eigenvalue weighted by Crippen LogP contribution is 2.46. The van der Waals surface area contributed by atoms with Gasteiger partial charge in [-0.25, -0.2) is 17.6 Å². The van der Waals surface area contributed by atoms with Crippen molar-refractivity contribution in [1.82, 2.24) is 30.5 Å². The summed E-state index contributed by atoms with van der Waals surface area (Å²) in [6.45, 7) is 1.24. The highest BCUT2D eigenvalue weighted by atomic mass is 32.2. The molecule has 1 saturated heterocycles. The number of sulfonamides is 1. The van der Waals surface area contributed by atoms with Gasteiger partial charge in [0.15, 0.2) is 0 Å². The van der Waals surface area contributed by atoms with Crippen LogP contribution in [0.15, 0.2) is 30.4 Å². The summed E-state index contributed by atoms with van der Waals surface area (Å²) in [5.74, 6) is -4.06. The van der Waals surface area contributed by atoms with Gasteiger partial charge in [0.25, 0.3) is 5.91 Å². The molecule has 6 aliphatic rings. The molecule has 17 heteroatoms. The fraction of sp³-hybridized carbons (Fsp3) is 0.650. The Morgan fingerprint density at radius 1 is 0.982 bits per heavy atom. The van der Waals surface area contributed by atoms with Gasteiger partial charge in [-0.1, -0.05) is 56.4 Å². The second-order valence-electron chi connectivity index (χ2n) is 16.6. The Morgan fingerprint density at radius 3 is 2.44 bits per heavy atom. The van der Waals surface area contributed by atoms with Gasteiger partial charge in [0.1, 0.15) is 35.6 Å². The van der Waals surface area contributed by atoms with Gasteiger partial charge in [-0.3, -0.25) is 33.6 Å². The minimum absolute atomic E-state index is 0.0129. The molecule has 7 rings (SSSR count). The first-order valence-corrected chi connectivity index (χ1v) is 21.9. The Balaban J connectivity index is 1.15. The van der Waals surface area contributed by atoms with E-state index < -0.39 is 86.5 Å². The van der Waals surface area contributed by atoms with Crippen LogP contribution in [0.3, 0.4) is 0 Å². The van der Waals surface area contributed by atoms with Crippen molar-refractivity contribution < 1.29 is 46.3 Å². The first-order valence-electron chi connectivity index (χ1n) is 20.4. The SMILES string of the molecule is CC(=O)N[C@H](C(=O)N[C@H]1CCCCCC=C[C@@H]2C[C@@]2(C(=O)NS(=O)(=O)C2CC2)NC(=O)C2C[C@@H](OC(=O)N3Cc4cccc(F)c4C3)CN2C1=O)C1CCCCC1. The molecule has 6 atom stereocenters. The Labute approximate surface area is 332 Å². The maximum Gasteiger partial charge on any atom is 0.410 e. The van der Waals surface area contributed by atoms with Gasteiger partial charge in [-0.05, 0) is 68.9 Å².